The Morgan fingerprint density at radius 1 is 1.04 bits per heavy atom. The van der Waals surface area contributed by atoms with Crippen LogP contribution in [0.2, 0.25) is 0 Å². The zero-order valence-electron chi connectivity index (χ0n) is 15.1. The van der Waals surface area contributed by atoms with Crippen molar-refractivity contribution < 1.29 is 18.0 Å². The average molecular weight is 391 g/mol. The molecular weight excluding hydrogens is 371 g/mol. The van der Waals surface area contributed by atoms with Crippen LogP contribution in [0.4, 0.5) is 24.8 Å². The number of anilines is 2. The SMILES string of the molecule is O=C(NC1CC1)c1ccc(N2CCN(c3ncccc3C(F)(F)F)CC2)nc1. The molecule has 1 saturated carbocycles. The molecule has 6 nitrogen and oxygen atoms in total. The average Bonchev–Trinajstić information content (AvgIpc) is 3.52. The van der Waals surface area contributed by atoms with Crippen molar-refractivity contribution in [3.63, 3.8) is 0 Å². The summed E-state index contributed by atoms with van der Waals surface area (Å²) in [7, 11) is 0. The summed E-state index contributed by atoms with van der Waals surface area (Å²) in [4.78, 5) is 24.0. The number of nitrogens with one attached hydrogen (secondary N) is 1. The van der Waals surface area contributed by atoms with Crippen molar-refractivity contribution in [2.24, 2.45) is 0 Å². The fourth-order valence-corrected chi connectivity index (χ4v) is 3.22. The third-order valence-electron chi connectivity index (χ3n) is 4.92. The lowest BCUT2D eigenvalue weighted by molar-refractivity contribution is -0.137. The molecule has 1 aliphatic carbocycles. The molecule has 2 aromatic rings. The first-order valence-electron chi connectivity index (χ1n) is 9.21. The van der Waals surface area contributed by atoms with E-state index in [1.165, 1.54) is 12.3 Å². The lowest BCUT2D eigenvalue weighted by atomic mass is 10.2. The number of halogens is 3. The van der Waals surface area contributed by atoms with Gasteiger partial charge in [0.15, 0.2) is 0 Å². The summed E-state index contributed by atoms with van der Waals surface area (Å²) in [5.41, 5.74) is -0.204. The highest BCUT2D eigenvalue weighted by atomic mass is 19.4. The standard InChI is InChI=1S/C19H20F3N5O/c20-19(21,22)15-2-1-7-23-17(15)27-10-8-26(9-11-27)16-6-3-13(12-24-16)18(28)25-14-4-5-14/h1-3,6-7,12,14H,4-5,8-11H2,(H,25,28). The number of hydrogen-bond acceptors (Lipinski definition) is 5. The Morgan fingerprint density at radius 3 is 2.36 bits per heavy atom. The summed E-state index contributed by atoms with van der Waals surface area (Å²) >= 11 is 0. The van der Waals surface area contributed by atoms with Crippen molar-refractivity contribution >= 4 is 17.5 Å². The van der Waals surface area contributed by atoms with Crippen LogP contribution >= 0.6 is 0 Å². The normalized spacial score (nSPS) is 17.5. The maximum atomic E-state index is 13.2. The first-order chi connectivity index (χ1) is 13.4. The van der Waals surface area contributed by atoms with E-state index in [1.54, 1.807) is 23.2 Å². The zero-order valence-corrected chi connectivity index (χ0v) is 15.1. The van der Waals surface area contributed by atoms with Gasteiger partial charge in [0.1, 0.15) is 11.6 Å². The molecule has 2 aromatic heterocycles. The number of alkyl halides is 3. The fourth-order valence-electron chi connectivity index (χ4n) is 3.22. The lowest BCUT2D eigenvalue weighted by Crippen LogP contribution is -2.47. The number of piperazine rings is 1. The predicted molar refractivity (Wildman–Crippen MR) is 98.4 cm³/mol. The molecule has 9 heteroatoms. The quantitative estimate of drug-likeness (QED) is 0.869. The van der Waals surface area contributed by atoms with E-state index < -0.39 is 11.7 Å². The third-order valence-corrected chi connectivity index (χ3v) is 4.92. The Labute approximate surface area is 160 Å². The van der Waals surface area contributed by atoms with Crippen LogP contribution in [0.3, 0.4) is 0 Å². The number of carbonyl (C=O) groups excluding carboxylic acids is 1. The molecule has 0 spiro atoms. The van der Waals surface area contributed by atoms with Crippen LogP contribution in [0, 0.1) is 0 Å². The number of nitrogens with zero attached hydrogens (tertiary/aromatic N) is 4. The molecule has 1 N–H and O–H groups in total. The van der Waals surface area contributed by atoms with Gasteiger partial charge >= 0.3 is 6.18 Å². The maximum Gasteiger partial charge on any atom is 0.419 e. The summed E-state index contributed by atoms with van der Waals surface area (Å²) in [5.74, 6) is 0.551. The summed E-state index contributed by atoms with van der Waals surface area (Å²) in [6.07, 6.45) is 0.532. The molecule has 2 fully saturated rings. The van der Waals surface area contributed by atoms with Crippen LogP contribution in [-0.2, 0) is 6.18 Å². The van der Waals surface area contributed by atoms with Gasteiger partial charge in [-0.25, -0.2) is 9.97 Å². The number of aromatic nitrogens is 2. The lowest BCUT2D eigenvalue weighted by Gasteiger charge is -2.36. The zero-order chi connectivity index (χ0) is 19.7. The van der Waals surface area contributed by atoms with Gasteiger partial charge in [0, 0.05) is 44.6 Å². The third kappa shape index (κ3) is 4.02. The number of pyridine rings is 2. The van der Waals surface area contributed by atoms with Crippen LogP contribution in [-0.4, -0.2) is 48.1 Å². The van der Waals surface area contributed by atoms with Crippen LogP contribution < -0.4 is 15.1 Å². The Bertz CT molecular complexity index is 843. The second-order valence-electron chi connectivity index (χ2n) is 7.00. The Morgan fingerprint density at radius 2 is 1.75 bits per heavy atom. The Hall–Kier alpha value is -2.84. The molecule has 0 aromatic carbocycles. The van der Waals surface area contributed by atoms with Gasteiger partial charge < -0.3 is 15.1 Å². The van der Waals surface area contributed by atoms with E-state index in [9.17, 15) is 18.0 Å². The van der Waals surface area contributed by atoms with Crippen LogP contribution in [0.1, 0.15) is 28.8 Å². The first kappa shape index (κ1) is 18.5. The molecule has 0 atom stereocenters. The maximum absolute atomic E-state index is 13.2. The van der Waals surface area contributed by atoms with Gasteiger partial charge in [-0.05, 0) is 37.1 Å². The van der Waals surface area contributed by atoms with Gasteiger partial charge in [-0.1, -0.05) is 0 Å². The van der Waals surface area contributed by atoms with E-state index >= 15 is 0 Å². The molecule has 3 heterocycles. The van der Waals surface area contributed by atoms with Gasteiger partial charge in [-0.2, -0.15) is 13.2 Å². The number of carbonyl (C=O) groups is 1. The van der Waals surface area contributed by atoms with E-state index in [1.807, 2.05) is 4.90 Å². The van der Waals surface area contributed by atoms with Crippen molar-refractivity contribution in [2.75, 3.05) is 36.0 Å². The fraction of sp³-hybridized carbons (Fsp3) is 0.421. The van der Waals surface area contributed by atoms with Crippen molar-refractivity contribution in [1.82, 2.24) is 15.3 Å². The number of hydrogen-bond donors (Lipinski definition) is 1. The van der Waals surface area contributed by atoms with Crippen LogP contribution in [0.5, 0.6) is 0 Å². The van der Waals surface area contributed by atoms with Gasteiger partial charge in [0.05, 0.1) is 11.1 Å². The monoisotopic (exact) mass is 391 g/mol. The summed E-state index contributed by atoms with van der Waals surface area (Å²) in [6, 6.07) is 6.15. The second-order valence-corrected chi connectivity index (χ2v) is 7.00. The highest BCUT2D eigenvalue weighted by molar-refractivity contribution is 5.94. The molecular formula is C19H20F3N5O. The van der Waals surface area contributed by atoms with E-state index in [2.05, 4.69) is 15.3 Å². The van der Waals surface area contributed by atoms with Crippen molar-refractivity contribution in [3.05, 3.63) is 47.8 Å². The minimum absolute atomic E-state index is 0.0327. The second kappa shape index (κ2) is 7.29. The molecule has 1 saturated heterocycles. The van der Waals surface area contributed by atoms with Crippen molar-refractivity contribution in [3.8, 4) is 0 Å². The first-order valence-corrected chi connectivity index (χ1v) is 9.21. The van der Waals surface area contributed by atoms with E-state index in [0.29, 0.717) is 37.6 Å². The van der Waals surface area contributed by atoms with Crippen molar-refractivity contribution in [2.45, 2.75) is 25.1 Å². The van der Waals surface area contributed by atoms with E-state index in [-0.39, 0.29) is 17.8 Å². The molecule has 0 bridgehead atoms. The number of amides is 1. The topological polar surface area (TPSA) is 61.4 Å². The van der Waals surface area contributed by atoms with E-state index in [4.69, 9.17) is 0 Å². The molecule has 4 rings (SSSR count). The van der Waals surface area contributed by atoms with Gasteiger partial charge in [-0.3, -0.25) is 4.79 Å². The predicted octanol–water partition coefficient (Wildman–Crippen LogP) is 2.71. The summed E-state index contributed by atoms with van der Waals surface area (Å²) in [5, 5.41) is 2.91. The molecule has 0 radical (unpaired) electrons. The van der Waals surface area contributed by atoms with Gasteiger partial charge in [0.25, 0.3) is 5.91 Å². The van der Waals surface area contributed by atoms with Crippen LogP contribution in [0.25, 0.3) is 0 Å². The van der Waals surface area contributed by atoms with E-state index in [0.717, 1.165) is 18.9 Å². The molecule has 28 heavy (non-hydrogen) atoms. The summed E-state index contributed by atoms with van der Waals surface area (Å²) in [6.45, 7) is 1.86. The largest absolute Gasteiger partial charge is 0.419 e. The smallest absolute Gasteiger partial charge is 0.353 e. The number of rotatable bonds is 4. The molecule has 1 aliphatic heterocycles. The van der Waals surface area contributed by atoms with Crippen LogP contribution in [0.15, 0.2) is 36.7 Å². The molecule has 0 unspecified atom stereocenters. The Balaban J connectivity index is 1.40. The highest BCUT2D eigenvalue weighted by Crippen LogP contribution is 2.35. The molecule has 2 aliphatic rings. The van der Waals surface area contributed by atoms with Crippen molar-refractivity contribution in [1.29, 1.82) is 0 Å². The molecule has 148 valence electrons. The Kier molecular flexibility index (Phi) is 4.82. The minimum atomic E-state index is -4.43. The molecule has 1 amide bonds. The van der Waals surface area contributed by atoms with Gasteiger partial charge in [0.2, 0.25) is 0 Å². The minimum Gasteiger partial charge on any atom is -0.353 e. The summed E-state index contributed by atoms with van der Waals surface area (Å²) < 4.78 is 39.6. The highest BCUT2D eigenvalue weighted by Gasteiger charge is 2.36. The van der Waals surface area contributed by atoms with Gasteiger partial charge in [-0.15, -0.1) is 0 Å².